The molecule has 0 radical (unpaired) electrons. The van der Waals surface area contributed by atoms with Gasteiger partial charge in [0.2, 0.25) is 0 Å². The second kappa shape index (κ2) is 9.28. The zero-order valence-electron chi connectivity index (χ0n) is 17.1. The van der Waals surface area contributed by atoms with Crippen LogP contribution in [0.3, 0.4) is 0 Å². The van der Waals surface area contributed by atoms with Crippen molar-refractivity contribution in [3.63, 3.8) is 0 Å². The molecule has 0 fully saturated rings. The number of esters is 1. The van der Waals surface area contributed by atoms with E-state index in [1.54, 1.807) is 18.2 Å². The minimum Gasteiger partial charge on any atom is -0.448 e. The number of carbonyl (C=O) groups is 2. The molecule has 164 valence electrons. The van der Waals surface area contributed by atoms with Gasteiger partial charge in [-0.15, -0.1) is 11.3 Å². The standard InChI is InChI=1S/C22H18Cl2N4O3S/c1-12-15-10-18(32-21(15)28(27-12)11-14-6-3-4-7-16(14)23)22(30)31-13(2)20(29)26-17-8-5-9-25-19(17)24/h3-10,13H,11H2,1-2H3,(H,26,29). The molecular formula is C22H18Cl2N4O3S. The number of aryl methyl sites for hydroxylation is 1. The maximum Gasteiger partial charge on any atom is 0.349 e. The van der Waals surface area contributed by atoms with E-state index in [-0.39, 0.29) is 5.15 Å². The second-order valence-corrected chi connectivity index (χ2v) is 8.84. The van der Waals surface area contributed by atoms with Crippen molar-refractivity contribution >= 4 is 62.3 Å². The average Bonchev–Trinajstić information content (AvgIpc) is 3.32. The first-order valence-corrected chi connectivity index (χ1v) is 11.2. The van der Waals surface area contributed by atoms with Crippen molar-refractivity contribution in [1.82, 2.24) is 14.8 Å². The highest BCUT2D eigenvalue weighted by molar-refractivity contribution is 7.20. The highest BCUT2D eigenvalue weighted by Crippen LogP contribution is 2.30. The van der Waals surface area contributed by atoms with Crippen LogP contribution >= 0.6 is 34.5 Å². The van der Waals surface area contributed by atoms with E-state index in [0.717, 1.165) is 21.5 Å². The summed E-state index contributed by atoms with van der Waals surface area (Å²) in [5.74, 6) is -1.09. The average molecular weight is 489 g/mol. The Morgan fingerprint density at radius 1 is 1.22 bits per heavy atom. The number of carbonyl (C=O) groups excluding carboxylic acids is 2. The fourth-order valence-corrected chi connectivity index (χ4v) is 4.50. The molecule has 4 rings (SSSR count). The summed E-state index contributed by atoms with van der Waals surface area (Å²) in [5.41, 5.74) is 2.06. The number of halogens is 2. The largest absolute Gasteiger partial charge is 0.448 e. The van der Waals surface area contributed by atoms with Crippen LogP contribution in [0.2, 0.25) is 10.2 Å². The topological polar surface area (TPSA) is 86.1 Å². The number of nitrogens with one attached hydrogen (secondary N) is 1. The van der Waals surface area contributed by atoms with Crippen molar-refractivity contribution in [3.8, 4) is 0 Å². The molecule has 7 nitrogen and oxygen atoms in total. The fraction of sp³-hybridized carbons (Fsp3) is 0.182. The maximum absolute atomic E-state index is 12.7. The SMILES string of the molecule is Cc1nn(Cc2ccccc2Cl)c2sc(C(=O)OC(C)C(=O)Nc3cccnc3Cl)cc12. The highest BCUT2D eigenvalue weighted by Gasteiger charge is 2.23. The van der Waals surface area contributed by atoms with E-state index in [9.17, 15) is 9.59 Å². The van der Waals surface area contributed by atoms with E-state index in [1.165, 1.54) is 24.5 Å². The number of benzene rings is 1. The third-order valence-corrected chi connectivity index (χ3v) is 6.55. The summed E-state index contributed by atoms with van der Waals surface area (Å²) in [6.45, 7) is 3.85. The van der Waals surface area contributed by atoms with Crippen molar-refractivity contribution in [2.75, 3.05) is 5.32 Å². The molecule has 0 aliphatic rings. The molecular weight excluding hydrogens is 471 g/mol. The molecule has 1 aromatic carbocycles. The summed E-state index contributed by atoms with van der Waals surface area (Å²) in [7, 11) is 0. The predicted molar refractivity (Wildman–Crippen MR) is 126 cm³/mol. The molecule has 4 aromatic rings. The zero-order chi connectivity index (χ0) is 22.8. The molecule has 1 amide bonds. The number of hydrogen-bond acceptors (Lipinski definition) is 6. The molecule has 3 heterocycles. The Bertz CT molecular complexity index is 1320. The Labute approximate surface area is 197 Å². The Kier molecular flexibility index (Phi) is 6.45. The molecule has 1 N–H and O–H groups in total. The van der Waals surface area contributed by atoms with Gasteiger partial charge in [-0.3, -0.25) is 9.48 Å². The number of amides is 1. The minimum absolute atomic E-state index is 0.155. The van der Waals surface area contributed by atoms with Gasteiger partial charge in [0.1, 0.15) is 9.71 Å². The summed E-state index contributed by atoms with van der Waals surface area (Å²) in [4.78, 5) is 30.2. The molecule has 0 aliphatic heterocycles. The smallest absolute Gasteiger partial charge is 0.349 e. The van der Waals surface area contributed by atoms with Gasteiger partial charge in [0.25, 0.3) is 5.91 Å². The first-order valence-electron chi connectivity index (χ1n) is 9.66. The van der Waals surface area contributed by atoms with Crippen LogP contribution in [-0.2, 0) is 16.1 Å². The van der Waals surface area contributed by atoms with Crippen LogP contribution in [0, 0.1) is 6.92 Å². The van der Waals surface area contributed by atoms with Crippen LogP contribution in [0.15, 0.2) is 48.7 Å². The van der Waals surface area contributed by atoms with Gasteiger partial charge in [-0.1, -0.05) is 41.4 Å². The van der Waals surface area contributed by atoms with Gasteiger partial charge in [0.15, 0.2) is 11.3 Å². The number of rotatable bonds is 6. The predicted octanol–water partition coefficient (Wildman–Crippen LogP) is 5.34. The van der Waals surface area contributed by atoms with E-state index in [1.807, 2.05) is 35.9 Å². The van der Waals surface area contributed by atoms with Crippen molar-refractivity contribution in [2.45, 2.75) is 26.5 Å². The van der Waals surface area contributed by atoms with E-state index >= 15 is 0 Å². The van der Waals surface area contributed by atoms with Crippen molar-refractivity contribution in [1.29, 1.82) is 0 Å². The lowest BCUT2D eigenvalue weighted by molar-refractivity contribution is -0.123. The number of pyridine rings is 1. The van der Waals surface area contributed by atoms with E-state index < -0.39 is 18.0 Å². The monoisotopic (exact) mass is 488 g/mol. The number of aromatic nitrogens is 3. The Morgan fingerprint density at radius 3 is 2.75 bits per heavy atom. The fourth-order valence-electron chi connectivity index (χ4n) is 3.09. The van der Waals surface area contributed by atoms with Crippen LogP contribution in [0.5, 0.6) is 0 Å². The summed E-state index contributed by atoms with van der Waals surface area (Å²) in [6, 6.07) is 12.5. The summed E-state index contributed by atoms with van der Waals surface area (Å²) in [5, 5.41) is 8.83. The maximum atomic E-state index is 12.7. The normalized spacial score (nSPS) is 12.0. The van der Waals surface area contributed by atoms with Gasteiger partial charge >= 0.3 is 5.97 Å². The van der Waals surface area contributed by atoms with E-state index in [0.29, 0.717) is 22.1 Å². The van der Waals surface area contributed by atoms with Crippen LogP contribution < -0.4 is 5.32 Å². The van der Waals surface area contributed by atoms with Crippen molar-refractivity contribution in [2.24, 2.45) is 0 Å². The van der Waals surface area contributed by atoms with E-state index in [2.05, 4.69) is 15.4 Å². The Hall–Kier alpha value is -2.94. The summed E-state index contributed by atoms with van der Waals surface area (Å²) in [6.07, 6.45) is 0.488. The van der Waals surface area contributed by atoms with Gasteiger partial charge in [0, 0.05) is 16.6 Å². The van der Waals surface area contributed by atoms with Gasteiger partial charge in [-0.05, 0) is 43.7 Å². The van der Waals surface area contributed by atoms with E-state index in [4.69, 9.17) is 27.9 Å². The molecule has 3 aromatic heterocycles. The lowest BCUT2D eigenvalue weighted by Crippen LogP contribution is -2.29. The third kappa shape index (κ3) is 4.62. The van der Waals surface area contributed by atoms with Crippen LogP contribution in [0.4, 0.5) is 5.69 Å². The number of hydrogen-bond donors (Lipinski definition) is 1. The van der Waals surface area contributed by atoms with Crippen LogP contribution in [0.25, 0.3) is 10.2 Å². The van der Waals surface area contributed by atoms with Crippen molar-refractivity contribution in [3.05, 3.63) is 75.0 Å². The van der Waals surface area contributed by atoms with Gasteiger partial charge < -0.3 is 10.1 Å². The van der Waals surface area contributed by atoms with Gasteiger partial charge in [-0.2, -0.15) is 5.10 Å². The summed E-state index contributed by atoms with van der Waals surface area (Å²) < 4.78 is 7.18. The number of fused-ring (bicyclic) bond motifs is 1. The molecule has 0 aliphatic carbocycles. The third-order valence-electron chi connectivity index (χ3n) is 4.76. The quantitative estimate of drug-likeness (QED) is 0.292. The van der Waals surface area contributed by atoms with Gasteiger partial charge in [-0.25, -0.2) is 9.78 Å². The first-order chi connectivity index (χ1) is 15.3. The minimum atomic E-state index is -1.02. The lowest BCUT2D eigenvalue weighted by atomic mass is 10.2. The molecule has 0 saturated heterocycles. The number of nitrogens with zero attached hydrogens (tertiary/aromatic N) is 3. The molecule has 0 saturated carbocycles. The van der Waals surface area contributed by atoms with Crippen molar-refractivity contribution < 1.29 is 14.3 Å². The number of anilines is 1. The molecule has 0 bridgehead atoms. The first kappa shape index (κ1) is 22.3. The molecule has 0 spiro atoms. The molecule has 1 atom stereocenters. The van der Waals surface area contributed by atoms with Crippen LogP contribution in [0.1, 0.15) is 27.9 Å². The Morgan fingerprint density at radius 2 is 2.00 bits per heavy atom. The molecule has 10 heteroatoms. The second-order valence-electron chi connectivity index (χ2n) is 7.04. The lowest BCUT2D eigenvalue weighted by Gasteiger charge is -2.13. The number of thiophene rings is 1. The summed E-state index contributed by atoms with van der Waals surface area (Å²) >= 11 is 13.5. The zero-order valence-corrected chi connectivity index (χ0v) is 19.5. The molecule has 1 unspecified atom stereocenters. The highest BCUT2D eigenvalue weighted by atomic mass is 35.5. The van der Waals surface area contributed by atoms with Crippen LogP contribution in [-0.4, -0.2) is 32.7 Å². The number of ether oxygens (including phenoxy) is 1. The molecule has 32 heavy (non-hydrogen) atoms. The van der Waals surface area contributed by atoms with Gasteiger partial charge in [0.05, 0.1) is 17.9 Å². The Balaban J connectivity index is 1.49.